The van der Waals surface area contributed by atoms with Crippen molar-refractivity contribution in [3.8, 4) is 0 Å². The fourth-order valence-electron chi connectivity index (χ4n) is 4.22. The van der Waals surface area contributed by atoms with Gasteiger partial charge in [-0.25, -0.2) is 0 Å². The molecule has 5 nitrogen and oxygen atoms in total. The zero-order chi connectivity index (χ0) is 20.5. The fourth-order valence-corrected chi connectivity index (χ4v) is 4.52. The highest BCUT2D eigenvalue weighted by atomic mass is 35.5. The molecule has 1 saturated carbocycles. The van der Waals surface area contributed by atoms with Crippen LogP contribution in [-0.4, -0.2) is 29.2 Å². The molecular weight excluding hydrogens is 411 g/mol. The highest BCUT2D eigenvalue weighted by molar-refractivity contribution is 6.42. The fraction of sp³-hybridized carbons (Fsp3) is 0.318. The zero-order valence-electron chi connectivity index (χ0n) is 15.7. The van der Waals surface area contributed by atoms with Crippen LogP contribution in [0.5, 0.6) is 0 Å². The maximum atomic E-state index is 13.0. The minimum atomic E-state index is -0.278. The van der Waals surface area contributed by atoms with Gasteiger partial charge in [0.05, 0.1) is 21.2 Å². The topological polar surface area (TPSA) is 66.5 Å². The Morgan fingerprint density at radius 3 is 2.28 bits per heavy atom. The van der Waals surface area contributed by atoms with E-state index in [2.05, 4.69) is 5.32 Å². The highest BCUT2D eigenvalue weighted by Crippen LogP contribution is 2.34. The number of fused-ring (bicyclic) bond motifs is 1. The van der Waals surface area contributed by atoms with Crippen LogP contribution in [0, 0.1) is 11.8 Å². The summed E-state index contributed by atoms with van der Waals surface area (Å²) in [5.41, 5.74) is 1.45. The van der Waals surface area contributed by atoms with Gasteiger partial charge in [0.1, 0.15) is 0 Å². The van der Waals surface area contributed by atoms with Gasteiger partial charge in [-0.1, -0.05) is 48.2 Å². The van der Waals surface area contributed by atoms with E-state index in [9.17, 15) is 14.4 Å². The second-order valence-corrected chi connectivity index (χ2v) is 8.35. The lowest BCUT2D eigenvalue weighted by Crippen LogP contribution is -2.41. The Morgan fingerprint density at radius 1 is 0.966 bits per heavy atom. The van der Waals surface area contributed by atoms with E-state index in [1.165, 1.54) is 4.90 Å². The van der Waals surface area contributed by atoms with Crippen LogP contribution in [0.15, 0.2) is 42.5 Å². The molecule has 3 amide bonds. The lowest BCUT2D eigenvalue weighted by molar-refractivity contribution is -0.122. The third-order valence-electron chi connectivity index (χ3n) is 5.73. The maximum Gasteiger partial charge on any atom is 0.261 e. The van der Waals surface area contributed by atoms with Gasteiger partial charge in [0.25, 0.3) is 11.8 Å². The first-order valence-corrected chi connectivity index (χ1v) is 10.4. The molecule has 0 saturated heterocycles. The second-order valence-electron chi connectivity index (χ2n) is 7.54. The van der Waals surface area contributed by atoms with E-state index >= 15 is 0 Å². The molecule has 29 heavy (non-hydrogen) atoms. The Bertz CT molecular complexity index is 957. The van der Waals surface area contributed by atoms with Crippen molar-refractivity contribution in [2.45, 2.75) is 25.7 Å². The number of anilines is 1. The molecule has 150 valence electrons. The molecular formula is C22H20Cl2N2O3. The van der Waals surface area contributed by atoms with Crippen LogP contribution in [-0.2, 0) is 4.79 Å². The number of carbonyl (C=O) groups is 3. The van der Waals surface area contributed by atoms with Crippen LogP contribution >= 0.6 is 23.2 Å². The summed E-state index contributed by atoms with van der Waals surface area (Å²) < 4.78 is 0. The summed E-state index contributed by atoms with van der Waals surface area (Å²) >= 11 is 12.0. The van der Waals surface area contributed by atoms with Crippen molar-refractivity contribution in [1.82, 2.24) is 4.90 Å². The predicted molar refractivity (Wildman–Crippen MR) is 112 cm³/mol. The van der Waals surface area contributed by atoms with Crippen molar-refractivity contribution < 1.29 is 14.4 Å². The number of nitrogens with zero attached hydrogens (tertiary/aromatic N) is 1. The number of nitrogens with one attached hydrogen (secondary N) is 1. The van der Waals surface area contributed by atoms with Gasteiger partial charge in [0.2, 0.25) is 5.91 Å². The Hall–Kier alpha value is -2.37. The number of rotatable bonds is 4. The number of carbonyl (C=O) groups excluding carboxylic acids is 3. The molecule has 1 fully saturated rings. The molecule has 0 spiro atoms. The average Bonchev–Trinajstić information content (AvgIpc) is 2.96. The van der Waals surface area contributed by atoms with E-state index in [4.69, 9.17) is 23.2 Å². The van der Waals surface area contributed by atoms with Crippen molar-refractivity contribution in [3.63, 3.8) is 0 Å². The smallest absolute Gasteiger partial charge is 0.261 e. The van der Waals surface area contributed by atoms with Crippen molar-refractivity contribution in [3.05, 3.63) is 63.6 Å². The van der Waals surface area contributed by atoms with E-state index in [1.54, 1.807) is 42.5 Å². The van der Waals surface area contributed by atoms with Crippen molar-refractivity contribution >= 4 is 46.6 Å². The number of hydrogen-bond acceptors (Lipinski definition) is 3. The van der Waals surface area contributed by atoms with Gasteiger partial charge in [-0.05, 0) is 49.1 Å². The first kappa shape index (κ1) is 19.9. The molecule has 0 radical (unpaired) electrons. The molecule has 4 rings (SSSR count). The summed E-state index contributed by atoms with van der Waals surface area (Å²) in [5, 5.41) is 3.70. The van der Waals surface area contributed by atoms with E-state index < -0.39 is 0 Å². The lowest BCUT2D eigenvalue weighted by Gasteiger charge is -2.32. The van der Waals surface area contributed by atoms with Gasteiger partial charge >= 0.3 is 0 Å². The van der Waals surface area contributed by atoms with Crippen molar-refractivity contribution in [1.29, 1.82) is 0 Å². The highest BCUT2D eigenvalue weighted by Gasteiger charge is 2.40. The third-order valence-corrected chi connectivity index (χ3v) is 6.47. The van der Waals surface area contributed by atoms with Gasteiger partial charge in [-0.15, -0.1) is 0 Å². The van der Waals surface area contributed by atoms with E-state index in [-0.39, 0.29) is 36.1 Å². The summed E-state index contributed by atoms with van der Waals surface area (Å²) in [4.78, 5) is 39.6. The monoisotopic (exact) mass is 430 g/mol. The molecule has 2 aromatic carbocycles. The quantitative estimate of drug-likeness (QED) is 0.691. The van der Waals surface area contributed by atoms with Crippen LogP contribution in [0.25, 0.3) is 0 Å². The maximum absolute atomic E-state index is 13.0. The van der Waals surface area contributed by atoms with Crippen LogP contribution in [0.4, 0.5) is 5.69 Å². The van der Waals surface area contributed by atoms with Crippen LogP contribution in [0.2, 0.25) is 10.0 Å². The zero-order valence-corrected chi connectivity index (χ0v) is 17.2. The van der Waals surface area contributed by atoms with Crippen molar-refractivity contribution in [2.75, 3.05) is 11.9 Å². The van der Waals surface area contributed by atoms with Crippen molar-refractivity contribution in [2.24, 2.45) is 11.8 Å². The first-order valence-electron chi connectivity index (χ1n) is 9.67. The molecule has 2 aromatic rings. The normalized spacial score (nSPS) is 21.2. The van der Waals surface area contributed by atoms with E-state index in [0.717, 1.165) is 25.7 Å². The van der Waals surface area contributed by atoms with Gasteiger partial charge in [0.15, 0.2) is 0 Å². The van der Waals surface area contributed by atoms with E-state index in [0.29, 0.717) is 26.9 Å². The molecule has 1 aliphatic heterocycles. The second kappa shape index (κ2) is 8.17. The third kappa shape index (κ3) is 3.89. The van der Waals surface area contributed by atoms with E-state index in [1.807, 2.05) is 0 Å². The largest absolute Gasteiger partial charge is 0.326 e. The first-order chi connectivity index (χ1) is 14.0. The molecule has 0 bridgehead atoms. The van der Waals surface area contributed by atoms with Gasteiger partial charge in [-0.3, -0.25) is 19.3 Å². The molecule has 7 heteroatoms. The predicted octanol–water partition coefficient (Wildman–Crippen LogP) is 5.03. The molecule has 1 aliphatic carbocycles. The summed E-state index contributed by atoms with van der Waals surface area (Å²) in [6.07, 6.45) is 3.44. The summed E-state index contributed by atoms with van der Waals surface area (Å²) in [6.45, 7) is 0.256. The van der Waals surface area contributed by atoms with Crippen LogP contribution in [0.3, 0.4) is 0 Å². The van der Waals surface area contributed by atoms with Crippen LogP contribution in [0.1, 0.15) is 46.4 Å². The van der Waals surface area contributed by atoms with Gasteiger partial charge in [0, 0.05) is 18.2 Å². The number of benzene rings is 2. The number of halogens is 2. The minimum Gasteiger partial charge on any atom is -0.326 e. The molecule has 0 aromatic heterocycles. The molecule has 2 atom stereocenters. The lowest BCUT2D eigenvalue weighted by atomic mass is 9.78. The Balaban J connectivity index is 1.49. The Kier molecular flexibility index (Phi) is 5.61. The number of hydrogen-bond donors (Lipinski definition) is 1. The summed E-state index contributed by atoms with van der Waals surface area (Å²) in [7, 11) is 0. The number of amides is 3. The number of imide groups is 1. The van der Waals surface area contributed by atoms with Gasteiger partial charge < -0.3 is 5.32 Å². The minimum absolute atomic E-state index is 0.0752. The van der Waals surface area contributed by atoms with Gasteiger partial charge in [-0.2, -0.15) is 0 Å². The summed E-state index contributed by atoms with van der Waals surface area (Å²) in [6, 6.07) is 11.8. The molecule has 2 aliphatic rings. The SMILES string of the molecule is O=C(Nc1ccc(Cl)c(Cl)c1)C1CCCCC1CN1C(=O)c2ccccc2C1=O. The summed E-state index contributed by atoms with van der Waals surface area (Å²) in [5.74, 6) is -1.03. The molecule has 2 unspecified atom stereocenters. The standard InChI is InChI=1S/C22H20Cl2N2O3/c23-18-10-9-14(11-19(18)24)25-20(27)15-6-2-1-5-13(15)12-26-21(28)16-7-3-4-8-17(16)22(26)29/h3-4,7-11,13,15H,1-2,5-6,12H2,(H,25,27). The van der Waals surface area contributed by atoms with Crippen LogP contribution < -0.4 is 5.32 Å². The Labute approximate surface area is 179 Å². The Morgan fingerprint density at radius 2 is 1.62 bits per heavy atom. The molecule has 1 N–H and O–H groups in total. The molecule has 1 heterocycles. The average molecular weight is 431 g/mol.